The summed E-state index contributed by atoms with van der Waals surface area (Å²) in [5.74, 6) is 0.898. The van der Waals surface area contributed by atoms with Crippen LogP contribution in [0.4, 0.5) is 28.6 Å². The van der Waals surface area contributed by atoms with Gasteiger partial charge in [-0.2, -0.15) is 0 Å². The van der Waals surface area contributed by atoms with E-state index in [1.54, 1.807) is 0 Å². The van der Waals surface area contributed by atoms with E-state index in [1.165, 1.54) is 44.1 Å². The Hall–Kier alpha value is -6.65. The van der Waals surface area contributed by atoms with Gasteiger partial charge in [-0.1, -0.05) is 123 Å². The Balaban J connectivity index is 1.10. The molecule has 4 nitrogen and oxygen atoms in total. The molecule has 0 spiro atoms. The third-order valence-corrected chi connectivity index (χ3v) is 11.7. The van der Waals surface area contributed by atoms with E-state index in [2.05, 4.69) is 217 Å². The number of pyridine rings is 1. The first-order valence-corrected chi connectivity index (χ1v) is 19.2. The molecule has 0 fully saturated rings. The van der Waals surface area contributed by atoms with Gasteiger partial charge in [-0.25, -0.2) is 4.98 Å². The van der Waals surface area contributed by atoms with Crippen LogP contribution in [0.2, 0.25) is 0 Å². The number of aromatic nitrogens is 2. The van der Waals surface area contributed by atoms with E-state index in [0.717, 1.165) is 40.7 Å². The second-order valence-electron chi connectivity index (χ2n) is 15.5. The standard InChI is InChI=1S/C51H42N4/c1-50(2)45-23-13-11-21-41(45)43-33-38(25-28-46(43)50)53(36-17-7-4-8-18-36)40-27-30-49(52-35-40)55(51(3)31-15-6-16-32-51)39-26-29-48-44(34-39)42-22-12-14-24-47(42)54(48)37-19-9-5-10-20-37/h4-31,33-35H,32H2,1-3H3. The number of rotatable bonds is 7. The molecule has 6 aromatic carbocycles. The average Bonchev–Trinajstić information content (AvgIpc) is 3.67. The van der Waals surface area contributed by atoms with Crippen molar-refractivity contribution in [1.29, 1.82) is 0 Å². The quantitative estimate of drug-likeness (QED) is 0.165. The molecule has 0 radical (unpaired) electrons. The van der Waals surface area contributed by atoms with Gasteiger partial charge in [0.25, 0.3) is 0 Å². The molecule has 0 saturated carbocycles. The van der Waals surface area contributed by atoms with Gasteiger partial charge in [0.2, 0.25) is 0 Å². The summed E-state index contributed by atoms with van der Waals surface area (Å²) in [7, 11) is 0. The lowest BCUT2D eigenvalue weighted by atomic mass is 9.82. The molecule has 10 rings (SSSR count). The van der Waals surface area contributed by atoms with Gasteiger partial charge < -0.3 is 14.4 Å². The van der Waals surface area contributed by atoms with Crippen LogP contribution in [0.5, 0.6) is 0 Å². The summed E-state index contributed by atoms with van der Waals surface area (Å²) in [6, 6.07) is 57.1. The molecule has 1 unspecified atom stereocenters. The van der Waals surface area contributed by atoms with Crippen LogP contribution in [0.25, 0.3) is 38.6 Å². The van der Waals surface area contributed by atoms with E-state index in [-0.39, 0.29) is 11.0 Å². The Labute approximate surface area is 322 Å². The normalized spacial score (nSPS) is 16.6. The van der Waals surface area contributed by atoms with Crippen molar-refractivity contribution in [1.82, 2.24) is 9.55 Å². The first-order chi connectivity index (χ1) is 26.9. The first kappa shape index (κ1) is 33.0. The van der Waals surface area contributed by atoms with E-state index in [9.17, 15) is 0 Å². The number of anilines is 5. The Kier molecular flexibility index (Phi) is 7.64. The zero-order chi connectivity index (χ0) is 37.1. The van der Waals surface area contributed by atoms with Gasteiger partial charge in [0, 0.05) is 38.9 Å². The fourth-order valence-electron chi connectivity index (χ4n) is 9.04. The molecule has 0 saturated heterocycles. The summed E-state index contributed by atoms with van der Waals surface area (Å²) in [5, 5.41) is 2.45. The van der Waals surface area contributed by atoms with E-state index >= 15 is 0 Å². The number of hydrogen-bond donors (Lipinski definition) is 0. The third kappa shape index (κ3) is 5.32. The van der Waals surface area contributed by atoms with Crippen LogP contribution < -0.4 is 9.80 Å². The maximum absolute atomic E-state index is 5.30. The molecule has 0 amide bonds. The van der Waals surface area contributed by atoms with Crippen LogP contribution in [0.3, 0.4) is 0 Å². The Morgan fingerprint density at radius 1 is 0.545 bits per heavy atom. The number of benzene rings is 6. The molecule has 0 aliphatic heterocycles. The van der Waals surface area contributed by atoms with E-state index in [0.29, 0.717) is 0 Å². The van der Waals surface area contributed by atoms with Gasteiger partial charge >= 0.3 is 0 Å². The highest BCUT2D eigenvalue weighted by molar-refractivity contribution is 6.10. The largest absolute Gasteiger partial charge is 0.317 e. The number of hydrogen-bond acceptors (Lipinski definition) is 3. The zero-order valence-electron chi connectivity index (χ0n) is 31.4. The van der Waals surface area contributed by atoms with Crippen molar-refractivity contribution in [3.8, 4) is 16.8 Å². The van der Waals surface area contributed by atoms with Gasteiger partial charge in [0.1, 0.15) is 5.82 Å². The second kappa shape index (κ2) is 12.7. The van der Waals surface area contributed by atoms with E-state index < -0.39 is 0 Å². The van der Waals surface area contributed by atoms with Crippen molar-refractivity contribution in [2.45, 2.75) is 38.1 Å². The smallest absolute Gasteiger partial charge is 0.133 e. The molecule has 55 heavy (non-hydrogen) atoms. The minimum atomic E-state index is -0.325. The molecule has 0 N–H and O–H groups in total. The molecule has 2 aliphatic rings. The van der Waals surface area contributed by atoms with Gasteiger partial charge in [-0.3, -0.25) is 0 Å². The molecular formula is C51H42N4. The lowest BCUT2D eigenvalue weighted by Gasteiger charge is -2.41. The average molecular weight is 711 g/mol. The summed E-state index contributed by atoms with van der Waals surface area (Å²) in [5.41, 5.74) is 12.8. The van der Waals surface area contributed by atoms with Crippen LogP contribution in [0.15, 0.2) is 188 Å². The Bertz CT molecular complexity index is 2780. The zero-order valence-corrected chi connectivity index (χ0v) is 31.4. The van der Waals surface area contributed by atoms with Crippen molar-refractivity contribution < 1.29 is 0 Å². The lowest BCUT2D eigenvalue weighted by Crippen LogP contribution is -2.42. The van der Waals surface area contributed by atoms with Crippen molar-refractivity contribution in [2.75, 3.05) is 9.80 Å². The lowest BCUT2D eigenvalue weighted by molar-refractivity contribution is 0.565. The molecule has 2 heterocycles. The Morgan fingerprint density at radius 3 is 2.02 bits per heavy atom. The van der Waals surface area contributed by atoms with Gasteiger partial charge in [0.15, 0.2) is 0 Å². The van der Waals surface area contributed by atoms with E-state index in [4.69, 9.17) is 4.98 Å². The maximum atomic E-state index is 5.30. The maximum Gasteiger partial charge on any atom is 0.133 e. The number of fused-ring (bicyclic) bond motifs is 6. The SMILES string of the molecule is CC1(C)c2ccccc2-c2cc(N(c3ccccc3)c3ccc(N(c4ccc5c(c4)c4ccccc4n5-c4ccccc4)C4(C)C=CC=CC4)nc3)ccc21. The minimum absolute atomic E-state index is 0.0486. The highest BCUT2D eigenvalue weighted by Crippen LogP contribution is 2.51. The van der Waals surface area contributed by atoms with Crippen molar-refractivity contribution in [2.24, 2.45) is 0 Å². The molecule has 0 bridgehead atoms. The highest BCUT2D eigenvalue weighted by Gasteiger charge is 2.36. The summed E-state index contributed by atoms with van der Waals surface area (Å²) in [4.78, 5) is 10.0. The number of nitrogens with zero attached hydrogens (tertiary/aromatic N) is 4. The van der Waals surface area contributed by atoms with Crippen molar-refractivity contribution in [3.05, 3.63) is 199 Å². The monoisotopic (exact) mass is 710 g/mol. The summed E-state index contributed by atoms with van der Waals surface area (Å²) >= 11 is 0. The van der Waals surface area contributed by atoms with Gasteiger partial charge in [0.05, 0.1) is 28.5 Å². The molecule has 266 valence electrons. The van der Waals surface area contributed by atoms with Crippen LogP contribution in [0, 0.1) is 0 Å². The van der Waals surface area contributed by atoms with Gasteiger partial charge in [-0.05, 0) is 108 Å². The summed E-state index contributed by atoms with van der Waals surface area (Å²) < 4.78 is 2.37. The summed E-state index contributed by atoms with van der Waals surface area (Å²) in [6.07, 6.45) is 11.8. The predicted octanol–water partition coefficient (Wildman–Crippen LogP) is 13.4. The van der Waals surface area contributed by atoms with Crippen molar-refractivity contribution >= 4 is 50.4 Å². The number of allylic oxidation sites excluding steroid dienone is 2. The van der Waals surface area contributed by atoms with Crippen LogP contribution >= 0.6 is 0 Å². The minimum Gasteiger partial charge on any atom is -0.317 e. The molecule has 4 heteroatoms. The van der Waals surface area contributed by atoms with Gasteiger partial charge in [-0.15, -0.1) is 0 Å². The topological polar surface area (TPSA) is 24.3 Å². The fourth-order valence-corrected chi connectivity index (χ4v) is 9.04. The molecular weight excluding hydrogens is 669 g/mol. The van der Waals surface area contributed by atoms with Crippen LogP contribution in [0.1, 0.15) is 38.3 Å². The first-order valence-electron chi connectivity index (χ1n) is 19.2. The third-order valence-electron chi connectivity index (χ3n) is 11.7. The highest BCUT2D eigenvalue weighted by atomic mass is 15.3. The fraction of sp³-hybridized carbons (Fsp3) is 0.118. The molecule has 8 aromatic rings. The second-order valence-corrected chi connectivity index (χ2v) is 15.5. The number of para-hydroxylation sites is 3. The van der Waals surface area contributed by atoms with Crippen LogP contribution in [-0.2, 0) is 5.41 Å². The molecule has 2 aliphatic carbocycles. The van der Waals surface area contributed by atoms with Crippen molar-refractivity contribution in [3.63, 3.8) is 0 Å². The summed E-state index contributed by atoms with van der Waals surface area (Å²) in [6.45, 7) is 6.97. The predicted molar refractivity (Wildman–Crippen MR) is 231 cm³/mol. The Morgan fingerprint density at radius 2 is 1.24 bits per heavy atom. The van der Waals surface area contributed by atoms with Crippen LogP contribution in [-0.4, -0.2) is 15.1 Å². The molecule has 2 aromatic heterocycles. The molecule has 1 atom stereocenters. The van der Waals surface area contributed by atoms with E-state index in [1.807, 2.05) is 6.20 Å².